The highest BCUT2D eigenvalue weighted by molar-refractivity contribution is 7.14. The summed E-state index contributed by atoms with van der Waals surface area (Å²) in [6.45, 7) is 2.25. The first-order valence-corrected chi connectivity index (χ1v) is 17.4. The maximum Gasteiger partial charge on any atom is 0.170 e. The van der Waals surface area contributed by atoms with Crippen LogP contribution in [0.25, 0.3) is 21.5 Å². The Bertz CT molecular complexity index is 2120. The van der Waals surface area contributed by atoms with Crippen molar-refractivity contribution in [2.45, 2.75) is 13.2 Å². The molecule has 1 atom stereocenters. The van der Waals surface area contributed by atoms with Crippen molar-refractivity contribution < 1.29 is 28.8 Å². The maximum absolute atomic E-state index is 10.5. The average molecular weight is 612 g/mol. The number of aliphatic hydroxyl groups is 1. The van der Waals surface area contributed by atoms with Crippen LogP contribution in [0.1, 0.15) is 5.56 Å². The quantitative estimate of drug-likeness (QED) is 0.174. The van der Waals surface area contributed by atoms with E-state index < -0.39 is 8.07 Å². The fourth-order valence-corrected chi connectivity index (χ4v) is 12.4. The molecule has 3 aliphatic heterocycles. The molecule has 8 heteroatoms. The summed E-state index contributed by atoms with van der Waals surface area (Å²) in [6, 6.07) is 28.8. The second kappa shape index (κ2) is 9.17. The number of methoxy groups -OCH3 is 3. The predicted octanol–water partition coefficient (Wildman–Crippen LogP) is 6.61. The zero-order chi connectivity index (χ0) is 30.6. The van der Waals surface area contributed by atoms with Gasteiger partial charge in [0.25, 0.3) is 0 Å². The number of hydrogen-bond donors (Lipinski definition) is 1. The first kappa shape index (κ1) is 26.2. The molecule has 45 heavy (non-hydrogen) atoms. The molecule has 0 radical (unpaired) electrons. The smallest absolute Gasteiger partial charge is 0.170 e. The number of anilines is 3. The lowest BCUT2D eigenvalue weighted by Gasteiger charge is -2.49. The Kier molecular flexibility index (Phi) is 5.35. The van der Waals surface area contributed by atoms with Crippen molar-refractivity contribution in [1.82, 2.24) is 0 Å². The van der Waals surface area contributed by atoms with E-state index in [9.17, 15) is 5.11 Å². The normalized spacial score (nSPS) is 16.6. The molecular weight excluding hydrogens is 582 g/mol. The average Bonchev–Trinajstić information content (AvgIpc) is 3.06. The molecule has 1 N–H and O–H groups in total. The summed E-state index contributed by atoms with van der Waals surface area (Å²) in [7, 11) is 2.30. The standard InChI is InChI=1S/C37H29NO6Si/c1-40-21-15-28-36-30(16-21)44-32-18-22(41-2)17-31-37(32)45(36,4)35-27(13-20(19-39)14-29(35)43-31)38(28)33-23-9-5-7-11-25(23)34(42-3)26-12-8-6-10-24(26)33/h5-18,39H,19H2,1-4H3. The van der Waals surface area contributed by atoms with Gasteiger partial charge in [-0.3, -0.25) is 0 Å². The van der Waals surface area contributed by atoms with Crippen LogP contribution in [0.3, 0.4) is 0 Å². The Hall–Kier alpha value is -5.18. The van der Waals surface area contributed by atoms with Crippen LogP contribution in [0.2, 0.25) is 6.55 Å². The van der Waals surface area contributed by atoms with E-state index in [1.165, 1.54) is 0 Å². The van der Waals surface area contributed by atoms with Gasteiger partial charge in [-0.05, 0) is 17.7 Å². The molecule has 3 aliphatic rings. The molecule has 3 heterocycles. The van der Waals surface area contributed by atoms with Crippen molar-refractivity contribution in [1.29, 1.82) is 0 Å². The molecule has 7 nitrogen and oxygen atoms in total. The van der Waals surface area contributed by atoms with Crippen LogP contribution in [0.4, 0.5) is 17.1 Å². The number of benzene rings is 6. The van der Waals surface area contributed by atoms with Gasteiger partial charge in [0.1, 0.15) is 40.2 Å². The van der Waals surface area contributed by atoms with Gasteiger partial charge in [-0.15, -0.1) is 0 Å². The summed E-state index contributed by atoms with van der Waals surface area (Å²) in [5.41, 5.74) is 3.74. The van der Waals surface area contributed by atoms with E-state index in [0.29, 0.717) is 11.5 Å². The molecule has 0 saturated carbocycles. The van der Waals surface area contributed by atoms with Crippen molar-refractivity contribution in [2.24, 2.45) is 0 Å². The third-order valence-corrected chi connectivity index (χ3v) is 14.1. The van der Waals surface area contributed by atoms with E-state index in [1.54, 1.807) is 21.3 Å². The zero-order valence-corrected chi connectivity index (χ0v) is 26.2. The zero-order valence-electron chi connectivity index (χ0n) is 25.2. The number of ether oxygens (including phenoxy) is 5. The second-order valence-corrected chi connectivity index (χ2v) is 15.6. The van der Waals surface area contributed by atoms with Crippen LogP contribution >= 0.6 is 0 Å². The highest BCUT2D eigenvalue weighted by Crippen LogP contribution is 2.54. The molecule has 0 aromatic heterocycles. The summed E-state index contributed by atoms with van der Waals surface area (Å²) in [6.07, 6.45) is 0. The van der Waals surface area contributed by atoms with Crippen molar-refractivity contribution >= 4 is 62.2 Å². The Labute approximate surface area is 260 Å². The fraction of sp³-hybridized carbons (Fsp3) is 0.135. The van der Waals surface area contributed by atoms with Gasteiger partial charge in [-0.1, -0.05) is 55.1 Å². The largest absolute Gasteiger partial charge is 0.497 e. The van der Waals surface area contributed by atoms with Gasteiger partial charge in [0.15, 0.2) is 8.07 Å². The van der Waals surface area contributed by atoms with Crippen molar-refractivity contribution in [3.05, 3.63) is 90.5 Å². The minimum absolute atomic E-state index is 0.130. The van der Waals surface area contributed by atoms with Crippen LogP contribution in [-0.4, -0.2) is 34.5 Å². The van der Waals surface area contributed by atoms with E-state index in [0.717, 1.165) is 88.5 Å². The number of fused-ring (bicyclic) bond motifs is 2. The van der Waals surface area contributed by atoms with Gasteiger partial charge in [0, 0.05) is 61.4 Å². The first-order valence-electron chi connectivity index (χ1n) is 14.9. The molecule has 9 rings (SSSR count). The molecule has 0 saturated heterocycles. The van der Waals surface area contributed by atoms with Crippen LogP contribution in [0.5, 0.6) is 40.2 Å². The molecule has 1 unspecified atom stereocenters. The number of rotatable bonds is 5. The van der Waals surface area contributed by atoms with Crippen molar-refractivity contribution in [2.75, 3.05) is 26.2 Å². The highest BCUT2D eigenvalue weighted by Gasteiger charge is 2.55. The van der Waals surface area contributed by atoms with Gasteiger partial charge < -0.3 is 33.7 Å². The molecule has 0 bridgehead atoms. The lowest BCUT2D eigenvalue weighted by Crippen LogP contribution is -2.71. The van der Waals surface area contributed by atoms with E-state index in [4.69, 9.17) is 23.7 Å². The summed E-state index contributed by atoms with van der Waals surface area (Å²) in [4.78, 5) is 2.32. The van der Waals surface area contributed by atoms with Gasteiger partial charge in [0.2, 0.25) is 0 Å². The van der Waals surface area contributed by atoms with Crippen LogP contribution in [0.15, 0.2) is 84.9 Å². The van der Waals surface area contributed by atoms with E-state index >= 15 is 0 Å². The molecule has 0 aliphatic carbocycles. The van der Waals surface area contributed by atoms with Crippen LogP contribution in [-0.2, 0) is 6.61 Å². The van der Waals surface area contributed by atoms with E-state index in [-0.39, 0.29) is 6.61 Å². The Morgan fingerprint density at radius 3 is 1.64 bits per heavy atom. The summed E-state index contributed by atoms with van der Waals surface area (Å²) >= 11 is 0. The Balaban J connectivity index is 1.49. The van der Waals surface area contributed by atoms with E-state index in [2.05, 4.69) is 60.0 Å². The third kappa shape index (κ3) is 3.27. The fourth-order valence-electron chi connectivity index (χ4n) is 7.81. The van der Waals surface area contributed by atoms with Gasteiger partial charge in [0.05, 0.1) is 45.0 Å². The molecule has 6 aromatic carbocycles. The van der Waals surface area contributed by atoms with Gasteiger partial charge in [-0.25, -0.2) is 0 Å². The second-order valence-electron chi connectivity index (χ2n) is 11.8. The van der Waals surface area contributed by atoms with E-state index in [1.807, 2.05) is 36.4 Å². The predicted molar refractivity (Wildman–Crippen MR) is 179 cm³/mol. The molecule has 222 valence electrons. The highest BCUT2D eigenvalue weighted by atomic mass is 28.3. The summed E-state index contributed by atoms with van der Waals surface area (Å²) < 4.78 is 31.1. The SMILES string of the molecule is COc1cc2c3c(c1)Oc1cc(OC)cc4c1[Si]3(C)c1c(cc(CO)cc1N4c1c3ccccc3c(OC)c3ccccc13)O2. The van der Waals surface area contributed by atoms with Crippen LogP contribution in [0, 0.1) is 0 Å². The Morgan fingerprint density at radius 1 is 0.622 bits per heavy atom. The van der Waals surface area contributed by atoms with Gasteiger partial charge >= 0.3 is 0 Å². The third-order valence-electron chi connectivity index (χ3n) is 9.59. The minimum Gasteiger partial charge on any atom is -0.497 e. The monoisotopic (exact) mass is 611 g/mol. The lowest BCUT2D eigenvalue weighted by molar-refractivity contribution is 0.281. The van der Waals surface area contributed by atoms with Gasteiger partial charge in [-0.2, -0.15) is 0 Å². The number of nitrogens with zero attached hydrogens (tertiary/aromatic N) is 1. The lowest BCUT2D eigenvalue weighted by atomic mass is 9.97. The summed E-state index contributed by atoms with van der Waals surface area (Å²) in [5, 5.41) is 18.0. The topological polar surface area (TPSA) is 69.6 Å². The minimum atomic E-state index is -2.75. The first-order chi connectivity index (χ1) is 22.0. The Morgan fingerprint density at radius 2 is 1.11 bits per heavy atom. The number of aliphatic hydroxyl groups excluding tert-OH is 1. The molecule has 0 amide bonds. The van der Waals surface area contributed by atoms with Crippen molar-refractivity contribution in [3.8, 4) is 40.2 Å². The summed E-state index contributed by atoms with van der Waals surface area (Å²) in [5.74, 6) is 5.16. The molecule has 6 aromatic rings. The molecule has 0 spiro atoms. The molecule has 0 fully saturated rings. The number of hydrogen-bond acceptors (Lipinski definition) is 7. The van der Waals surface area contributed by atoms with Crippen LogP contribution < -0.4 is 44.1 Å². The molecular formula is C37H29NO6Si. The maximum atomic E-state index is 10.5. The van der Waals surface area contributed by atoms with Crippen molar-refractivity contribution in [3.63, 3.8) is 0 Å².